The molecular formula is C20H24ClNO5S. The van der Waals surface area contributed by atoms with E-state index in [9.17, 15) is 18.6 Å². The van der Waals surface area contributed by atoms with Gasteiger partial charge in [-0.3, -0.25) is 4.55 Å². The summed E-state index contributed by atoms with van der Waals surface area (Å²) in [6.45, 7) is 2.07. The van der Waals surface area contributed by atoms with E-state index in [1.54, 1.807) is 6.92 Å². The average molecular weight is 426 g/mol. The Kier molecular flexibility index (Phi) is 7.39. The van der Waals surface area contributed by atoms with Gasteiger partial charge in [-0.05, 0) is 23.3 Å². The second-order valence-electron chi connectivity index (χ2n) is 6.85. The van der Waals surface area contributed by atoms with Crippen LogP contribution in [0.25, 0.3) is 21.5 Å². The highest BCUT2D eigenvalue weighted by atomic mass is 35.5. The Hall–Kier alpha value is -1.74. The standard InChI is InChI=1S/C19H20ClNO2.CH4O3S/c1-19(11-22,12-23)21-10-17-13-6-2-4-8-15(13)18(20)16-9-5-3-7-14(16)17;1-5(2,3)4/h2-9,21-23H,10-12H2,1H3;1H3,(H,2,3,4). The lowest BCUT2D eigenvalue weighted by molar-refractivity contribution is 0.103. The van der Waals surface area contributed by atoms with Gasteiger partial charge in [0, 0.05) is 17.3 Å². The Labute approximate surface area is 169 Å². The average Bonchev–Trinajstić information content (AvgIpc) is 2.66. The van der Waals surface area contributed by atoms with Crippen molar-refractivity contribution < 1.29 is 23.2 Å². The lowest BCUT2D eigenvalue weighted by Gasteiger charge is -2.27. The molecule has 6 nitrogen and oxygen atoms in total. The van der Waals surface area contributed by atoms with Crippen LogP contribution in [0.1, 0.15) is 12.5 Å². The molecule has 0 heterocycles. The van der Waals surface area contributed by atoms with Crippen molar-refractivity contribution in [3.63, 3.8) is 0 Å². The van der Waals surface area contributed by atoms with E-state index in [1.165, 1.54) is 0 Å². The summed E-state index contributed by atoms with van der Waals surface area (Å²) >= 11 is 6.59. The molecule has 0 aliphatic heterocycles. The van der Waals surface area contributed by atoms with Crippen molar-refractivity contribution in [3.8, 4) is 0 Å². The van der Waals surface area contributed by atoms with Gasteiger partial charge in [-0.15, -0.1) is 0 Å². The predicted octanol–water partition coefficient (Wildman–Crippen LogP) is 2.98. The number of rotatable bonds is 5. The van der Waals surface area contributed by atoms with Gasteiger partial charge in [0.05, 0.1) is 30.0 Å². The molecule has 0 aliphatic rings. The fourth-order valence-electron chi connectivity index (χ4n) is 2.82. The lowest BCUT2D eigenvalue weighted by Crippen LogP contribution is -2.48. The van der Waals surface area contributed by atoms with Crippen molar-refractivity contribution in [1.82, 2.24) is 5.32 Å². The Balaban J connectivity index is 0.000000500. The molecule has 0 bridgehead atoms. The Bertz CT molecular complexity index is 1000. The van der Waals surface area contributed by atoms with Gasteiger partial charge in [-0.1, -0.05) is 60.1 Å². The van der Waals surface area contributed by atoms with E-state index in [0.717, 1.165) is 32.1 Å². The second kappa shape index (κ2) is 9.17. The quantitative estimate of drug-likeness (QED) is 0.370. The molecule has 0 saturated carbocycles. The van der Waals surface area contributed by atoms with Gasteiger partial charge in [0.25, 0.3) is 10.1 Å². The molecule has 0 aromatic heterocycles. The maximum Gasteiger partial charge on any atom is 0.261 e. The number of aliphatic hydroxyl groups excluding tert-OH is 2. The summed E-state index contributed by atoms with van der Waals surface area (Å²) in [7, 11) is -3.67. The van der Waals surface area contributed by atoms with Crippen LogP contribution < -0.4 is 5.32 Å². The Morgan fingerprint density at radius 2 is 1.29 bits per heavy atom. The first-order valence-electron chi connectivity index (χ1n) is 8.56. The molecule has 0 fully saturated rings. The van der Waals surface area contributed by atoms with E-state index in [2.05, 4.69) is 17.4 Å². The van der Waals surface area contributed by atoms with Gasteiger partial charge in [0.1, 0.15) is 0 Å². The summed E-state index contributed by atoms with van der Waals surface area (Å²) in [6.07, 6.45) is 0.715. The first kappa shape index (κ1) is 22.5. The predicted molar refractivity (Wildman–Crippen MR) is 113 cm³/mol. The summed E-state index contributed by atoms with van der Waals surface area (Å²) in [5, 5.41) is 27.2. The highest BCUT2D eigenvalue weighted by Gasteiger charge is 2.22. The third kappa shape index (κ3) is 5.64. The van der Waals surface area contributed by atoms with E-state index < -0.39 is 15.7 Å². The third-order valence-corrected chi connectivity index (χ3v) is 4.77. The van der Waals surface area contributed by atoms with E-state index in [1.807, 2.05) is 36.4 Å². The molecule has 3 aromatic carbocycles. The minimum Gasteiger partial charge on any atom is -0.394 e. The molecule has 0 atom stereocenters. The summed E-state index contributed by atoms with van der Waals surface area (Å²) in [4.78, 5) is 0. The molecule has 0 amide bonds. The van der Waals surface area contributed by atoms with Crippen molar-refractivity contribution in [2.75, 3.05) is 19.5 Å². The van der Waals surface area contributed by atoms with Crippen LogP contribution in [-0.4, -0.2) is 48.2 Å². The van der Waals surface area contributed by atoms with Gasteiger partial charge in [0.2, 0.25) is 0 Å². The smallest absolute Gasteiger partial charge is 0.261 e. The maximum atomic E-state index is 9.49. The number of benzene rings is 3. The molecule has 0 radical (unpaired) electrons. The van der Waals surface area contributed by atoms with Gasteiger partial charge >= 0.3 is 0 Å². The summed E-state index contributed by atoms with van der Waals surface area (Å²) in [6, 6.07) is 16.1. The van der Waals surface area contributed by atoms with Gasteiger partial charge < -0.3 is 15.5 Å². The fourth-order valence-corrected chi connectivity index (χ4v) is 3.15. The normalized spacial score (nSPS) is 12.1. The maximum absolute atomic E-state index is 9.49. The van der Waals surface area contributed by atoms with Crippen LogP contribution in [0.4, 0.5) is 0 Å². The molecule has 3 aromatic rings. The zero-order chi connectivity index (χ0) is 20.9. The van der Waals surface area contributed by atoms with E-state index >= 15 is 0 Å². The number of halogens is 1. The van der Waals surface area contributed by atoms with Gasteiger partial charge in [-0.2, -0.15) is 8.42 Å². The Morgan fingerprint density at radius 3 is 1.64 bits per heavy atom. The molecule has 8 heteroatoms. The van der Waals surface area contributed by atoms with Crippen molar-refractivity contribution >= 4 is 43.3 Å². The highest BCUT2D eigenvalue weighted by molar-refractivity contribution is 7.85. The molecule has 28 heavy (non-hydrogen) atoms. The topological polar surface area (TPSA) is 107 Å². The van der Waals surface area contributed by atoms with Crippen LogP contribution in [0.15, 0.2) is 48.5 Å². The van der Waals surface area contributed by atoms with E-state index in [-0.39, 0.29) is 13.2 Å². The van der Waals surface area contributed by atoms with Crippen molar-refractivity contribution in [2.24, 2.45) is 0 Å². The Morgan fingerprint density at radius 1 is 0.929 bits per heavy atom. The first-order chi connectivity index (χ1) is 13.1. The minimum absolute atomic E-state index is 0.132. The van der Waals surface area contributed by atoms with E-state index in [4.69, 9.17) is 16.2 Å². The van der Waals surface area contributed by atoms with Crippen molar-refractivity contribution in [2.45, 2.75) is 19.0 Å². The van der Waals surface area contributed by atoms with Gasteiger partial charge in [-0.25, -0.2) is 0 Å². The molecule has 3 rings (SSSR count). The zero-order valence-corrected chi connectivity index (χ0v) is 17.3. The first-order valence-corrected chi connectivity index (χ1v) is 10.8. The van der Waals surface area contributed by atoms with E-state index in [0.29, 0.717) is 12.8 Å². The van der Waals surface area contributed by atoms with Crippen LogP contribution in [0.2, 0.25) is 5.02 Å². The largest absolute Gasteiger partial charge is 0.394 e. The van der Waals surface area contributed by atoms with Crippen LogP contribution in [0.5, 0.6) is 0 Å². The number of aliphatic hydroxyl groups is 2. The van der Waals surface area contributed by atoms with Crippen molar-refractivity contribution in [1.29, 1.82) is 0 Å². The van der Waals surface area contributed by atoms with Gasteiger partial charge in [0.15, 0.2) is 0 Å². The second-order valence-corrected chi connectivity index (χ2v) is 8.69. The number of nitrogens with one attached hydrogen (secondary N) is 1. The zero-order valence-electron chi connectivity index (χ0n) is 15.7. The van der Waals surface area contributed by atoms with Crippen LogP contribution in [-0.2, 0) is 16.7 Å². The van der Waals surface area contributed by atoms with Crippen LogP contribution in [0, 0.1) is 0 Å². The van der Waals surface area contributed by atoms with Crippen molar-refractivity contribution in [3.05, 3.63) is 59.1 Å². The number of hydrogen-bond donors (Lipinski definition) is 4. The molecule has 0 unspecified atom stereocenters. The fraction of sp³-hybridized carbons (Fsp3) is 0.300. The number of fused-ring (bicyclic) bond motifs is 2. The minimum atomic E-state index is -3.67. The summed E-state index contributed by atoms with van der Waals surface area (Å²) in [5.41, 5.74) is 0.399. The molecule has 0 spiro atoms. The van der Waals surface area contributed by atoms with Crippen LogP contribution in [0.3, 0.4) is 0 Å². The van der Waals surface area contributed by atoms with Crippen LogP contribution >= 0.6 is 11.6 Å². The third-order valence-electron chi connectivity index (χ3n) is 4.37. The molecule has 0 saturated heterocycles. The number of hydrogen-bond acceptors (Lipinski definition) is 5. The molecular weight excluding hydrogens is 402 g/mol. The SMILES string of the molecule is CC(CO)(CO)NCc1c2ccccc2c(Cl)c2ccccc12.CS(=O)(=O)O. The molecule has 152 valence electrons. The monoisotopic (exact) mass is 425 g/mol. The lowest BCUT2D eigenvalue weighted by atomic mass is 9.95. The summed E-state index contributed by atoms with van der Waals surface area (Å²) in [5.74, 6) is 0. The highest BCUT2D eigenvalue weighted by Crippen LogP contribution is 2.36. The molecule has 4 N–H and O–H groups in total. The summed E-state index contributed by atoms with van der Waals surface area (Å²) < 4.78 is 25.9. The molecule has 0 aliphatic carbocycles.